The summed E-state index contributed by atoms with van der Waals surface area (Å²) in [5, 5.41) is 0. The minimum atomic E-state index is -0.292. The van der Waals surface area contributed by atoms with E-state index >= 15 is 0 Å². The standard InChI is InChI=1S/C13H10Br2FNO/c14-9-2-1-3-12(17)13(9)18-7-8-4-5-11(16)10(15)6-8/h1-6H,7,17H2. The number of anilines is 1. The van der Waals surface area contributed by atoms with Gasteiger partial charge in [-0.2, -0.15) is 0 Å². The summed E-state index contributed by atoms with van der Waals surface area (Å²) < 4.78 is 19.9. The number of nitrogen functional groups attached to an aromatic ring is 1. The Kier molecular flexibility index (Phi) is 4.24. The van der Waals surface area contributed by atoms with Crippen LogP contribution >= 0.6 is 31.9 Å². The maximum absolute atomic E-state index is 13.1. The number of halogens is 3. The van der Waals surface area contributed by atoms with Gasteiger partial charge in [-0.3, -0.25) is 0 Å². The van der Waals surface area contributed by atoms with Crippen molar-refractivity contribution in [2.45, 2.75) is 6.61 Å². The number of benzene rings is 2. The van der Waals surface area contributed by atoms with E-state index in [2.05, 4.69) is 31.9 Å². The maximum atomic E-state index is 13.1. The van der Waals surface area contributed by atoms with Gasteiger partial charge in [0.2, 0.25) is 0 Å². The van der Waals surface area contributed by atoms with Crippen molar-refractivity contribution in [1.29, 1.82) is 0 Å². The number of para-hydroxylation sites is 1. The van der Waals surface area contributed by atoms with Crippen LogP contribution in [0.2, 0.25) is 0 Å². The third-order valence-corrected chi connectivity index (χ3v) is 3.60. The van der Waals surface area contributed by atoms with Gasteiger partial charge in [-0.25, -0.2) is 4.39 Å². The lowest BCUT2D eigenvalue weighted by Crippen LogP contribution is -1.99. The molecule has 0 aliphatic heterocycles. The molecule has 2 rings (SSSR count). The average Bonchev–Trinajstić information content (AvgIpc) is 2.33. The molecule has 0 heterocycles. The third kappa shape index (κ3) is 3.03. The highest BCUT2D eigenvalue weighted by atomic mass is 79.9. The molecule has 2 aromatic carbocycles. The summed E-state index contributed by atoms with van der Waals surface area (Å²) in [7, 11) is 0. The largest absolute Gasteiger partial charge is 0.486 e. The van der Waals surface area contributed by atoms with Crippen molar-refractivity contribution in [2.24, 2.45) is 0 Å². The van der Waals surface area contributed by atoms with Gasteiger partial charge in [0.1, 0.15) is 12.4 Å². The zero-order valence-corrected chi connectivity index (χ0v) is 12.5. The molecule has 0 saturated heterocycles. The lowest BCUT2D eigenvalue weighted by atomic mass is 10.2. The van der Waals surface area contributed by atoms with E-state index in [9.17, 15) is 4.39 Å². The molecule has 2 aromatic rings. The lowest BCUT2D eigenvalue weighted by molar-refractivity contribution is 0.306. The van der Waals surface area contributed by atoms with E-state index in [-0.39, 0.29) is 5.82 Å². The second-order valence-corrected chi connectivity index (χ2v) is 5.40. The molecule has 0 aromatic heterocycles. The van der Waals surface area contributed by atoms with Crippen molar-refractivity contribution in [3.63, 3.8) is 0 Å². The summed E-state index contributed by atoms with van der Waals surface area (Å²) in [5.74, 6) is 0.303. The Labute approximate surface area is 121 Å². The summed E-state index contributed by atoms with van der Waals surface area (Å²) in [4.78, 5) is 0. The van der Waals surface area contributed by atoms with Crippen molar-refractivity contribution in [1.82, 2.24) is 0 Å². The van der Waals surface area contributed by atoms with Crippen molar-refractivity contribution in [3.8, 4) is 5.75 Å². The second kappa shape index (κ2) is 5.71. The molecule has 0 aliphatic carbocycles. The molecule has 94 valence electrons. The summed E-state index contributed by atoms with van der Waals surface area (Å²) >= 11 is 6.51. The highest BCUT2D eigenvalue weighted by Crippen LogP contribution is 2.31. The third-order valence-electron chi connectivity index (χ3n) is 2.36. The molecular weight excluding hydrogens is 365 g/mol. The van der Waals surface area contributed by atoms with Gasteiger partial charge in [0, 0.05) is 0 Å². The molecule has 0 atom stereocenters. The molecule has 2 nitrogen and oxygen atoms in total. The number of hydrogen-bond donors (Lipinski definition) is 1. The van der Waals surface area contributed by atoms with E-state index in [1.165, 1.54) is 6.07 Å². The van der Waals surface area contributed by atoms with Gasteiger partial charge in [-0.05, 0) is 61.7 Å². The van der Waals surface area contributed by atoms with E-state index in [0.717, 1.165) is 10.0 Å². The van der Waals surface area contributed by atoms with Crippen LogP contribution in [0.15, 0.2) is 45.3 Å². The minimum Gasteiger partial charge on any atom is -0.486 e. The zero-order chi connectivity index (χ0) is 13.1. The molecule has 0 spiro atoms. The van der Waals surface area contributed by atoms with Crippen LogP contribution in [0.3, 0.4) is 0 Å². The number of nitrogens with two attached hydrogens (primary N) is 1. The summed E-state index contributed by atoms with van der Waals surface area (Å²) in [6.45, 7) is 0.325. The Morgan fingerprint density at radius 3 is 2.56 bits per heavy atom. The van der Waals surface area contributed by atoms with Crippen LogP contribution < -0.4 is 10.5 Å². The maximum Gasteiger partial charge on any atom is 0.156 e. The smallest absolute Gasteiger partial charge is 0.156 e. The van der Waals surface area contributed by atoms with E-state index in [1.807, 2.05) is 12.1 Å². The highest BCUT2D eigenvalue weighted by Gasteiger charge is 2.06. The van der Waals surface area contributed by atoms with Gasteiger partial charge < -0.3 is 10.5 Å². The fraction of sp³-hybridized carbons (Fsp3) is 0.0769. The predicted octanol–water partition coefficient (Wildman–Crippen LogP) is 4.51. The molecule has 0 unspecified atom stereocenters. The van der Waals surface area contributed by atoms with Gasteiger partial charge >= 0.3 is 0 Å². The highest BCUT2D eigenvalue weighted by molar-refractivity contribution is 9.10. The molecule has 0 amide bonds. The monoisotopic (exact) mass is 373 g/mol. The minimum absolute atomic E-state index is 0.292. The van der Waals surface area contributed by atoms with Gasteiger partial charge in [0.05, 0.1) is 14.6 Å². The van der Waals surface area contributed by atoms with Crippen molar-refractivity contribution in [3.05, 3.63) is 56.7 Å². The first-order valence-electron chi connectivity index (χ1n) is 5.18. The average molecular weight is 375 g/mol. The van der Waals surface area contributed by atoms with E-state index in [4.69, 9.17) is 10.5 Å². The second-order valence-electron chi connectivity index (χ2n) is 3.70. The van der Waals surface area contributed by atoms with Crippen LogP contribution in [0, 0.1) is 5.82 Å². The summed E-state index contributed by atoms with van der Waals surface area (Å²) in [6.07, 6.45) is 0. The quantitative estimate of drug-likeness (QED) is 0.802. The van der Waals surface area contributed by atoms with Gasteiger partial charge in [-0.15, -0.1) is 0 Å². The Morgan fingerprint density at radius 1 is 1.11 bits per heavy atom. The summed E-state index contributed by atoms with van der Waals surface area (Å²) in [5.41, 5.74) is 7.24. The SMILES string of the molecule is Nc1cccc(Br)c1OCc1ccc(F)c(Br)c1. The van der Waals surface area contributed by atoms with Gasteiger partial charge in [0.25, 0.3) is 0 Å². The van der Waals surface area contributed by atoms with Crippen LogP contribution in [0.25, 0.3) is 0 Å². The Morgan fingerprint density at radius 2 is 1.89 bits per heavy atom. The normalized spacial score (nSPS) is 10.4. The van der Waals surface area contributed by atoms with Crippen LogP contribution in [0.4, 0.5) is 10.1 Å². The number of hydrogen-bond acceptors (Lipinski definition) is 2. The molecule has 0 bridgehead atoms. The van der Waals surface area contributed by atoms with Crippen LogP contribution in [-0.2, 0) is 6.61 Å². The Hall–Kier alpha value is -1.07. The molecular formula is C13H10Br2FNO. The van der Waals surface area contributed by atoms with Crippen LogP contribution in [-0.4, -0.2) is 0 Å². The first-order chi connectivity index (χ1) is 8.58. The molecule has 0 saturated carbocycles. The van der Waals surface area contributed by atoms with E-state index < -0.39 is 0 Å². The fourth-order valence-corrected chi connectivity index (χ4v) is 2.38. The van der Waals surface area contributed by atoms with Gasteiger partial charge in [0.15, 0.2) is 5.75 Å². The Bertz CT molecular complexity index is 555. The van der Waals surface area contributed by atoms with Crippen molar-refractivity contribution < 1.29 is 9.13 Å². The molecule has 5 heteroatoms. The first kappa shape index (κ1) is 13.4. The molecule has 0 radical (unpaired) electrons. The molecule has 2 N–H and O–H groups in total. The first-order valence-corrected chi connectivity index (χ1v) is 6.77. The van der Waals surface area contributed by atoms with Gasteiger partial charge in [-0.1, -0.05) is 12.1 Å². The number of rotatable bonds is 3. The topological polar surface area (TPSA) is 35.2 Å². The van der Waals surface area contributed by atoms with Crippen molar-refractivity contribution >= 4 is 37.5 Å². The van der Waals surface area contributed by atoms with Crippen LogP contribution in [0.5, 0.6) is 5.75 Å². The molecule has 0 fully saturated rings. The molecule has 0 aliphatic rings. The van der Waals surface area contributed by atoms with Crippen LogP contribution in [0.1, 0.15) is 5.56 Å². The Balaban J connectivity index is 2.14. The summed E-state index contributed by atoms with van der Waals surface area (Å²) in [6, 6.07) is 10.2. The molecule has 18 heavy (non-hydrogen) atoms. The van der Waals surface area contributed by atoms with E-state index in [1.54, 1.807) is 18.2 Å². The van der Waals surface area contributed by atoms with E-state index in [0.29, 0.717) is 22.5 Å². The lowest BCUT2D eigenvalue weighted by Gasteiger charge is -2.11. The number of ether oxygens (including phenoxy) is 1. The predicted molar refractivity (Wildman–Crippen MR) is 77.0 cm³/mol. The zero-order valence-electron chi connectivity index (χ0n) is 9.29. The van der Waals surface area contributed by atoms with Crippen molar-refractivity contribution in [2.75, 3.05) is 5.73 Å². The fourth-order valence-electron chi connectivity index (χ4n) is 1.46.